The van der Waals surface area contributed by atoms with E-state index in [1.807, 2.05) is 14.0 Å². The molecule has 70 valence electrons. The maximum absolute atomic E-state index is 11.6. The molecular weight excluding hydrogens is 152 g/mol. The van der Waals surface area contributed by atoms with Crippen LogP contribution in [0.3, 0.4) is 0 Å². The van der Waals surface area contributed by atoms with Gasteiger partial charge in [-0.25, -0.2) is 0 Å². The number of carbonyl (C=O) groups is 1. The van der Waals surface area contributed by atoms with Gasteiger partial charge in [-0.2, -0.15) is 0 Å². The number of likely N-dealkylation sites (N-methyl/N-ethyl adjacent to an activating group) is 1. The van der Waals surface area contributed by atoms with Crippen LogP contribution in [0.25, 0.3) is 0 Å². The van der Waals surface area contributed by atoms with E-state index in [0.717, 1.165) is 6.42 Å². The van der Waals surface area contributed by atoms with Crippen molar-refractivity contribution in [3.63, 3.8) is 0 Å². The van der Waals surface area contributed by atoms with E-state index in [4.69, 9.17) is 0 Å². The highest BCUT2D eigenvalue weighted by Gasteiger charge is 2.36. The van der Waals surface area contributed by atoms with Crippen LogP contribution >= 0.6 is 0 Å². The summed E-state index contributed by atoms with van der Waals surface area (Å²) in [5, 5.41) is 3.28. The second kappa shape index (κ2) is 3.44. The molecule has 1 aliphatic heterocycles. The summed E-state index contributed by atoms with van der Waals surface area (Å²) in [4.78, 5) is 13.4. The van der Waals surface area contributed by atoms with Crippen molar-refractivity contribution in [2.75, 3.05) is 7.05 Å². The average Bonchev–Trinajstić information content (AvgIpc) is 2.32. The largest absolute Gasteiger partial charge is 0.329 e. The molecular formula is C9H18N2O. The summed E-state index contributed by atoms with van der Waals surface area (Å²) in [5.41, 5.74) is 0. The third-order valence-corrected chi connectivity index (χ3v) is 2.83. The Morgan fingerprint density at radius 3 is 2.58 bits per heavy atom. The van der Waals surface area contributed by atoms with Gasteiger partial charge in [0.2, 0.25) is 5.91 Å². The van der Waals surface area contributed by atoms with Gasteiger partial charge in [0, 0.05) is 7.05 Å². The zero-order valence-corrected chi connectivity index (χ0v) is 8.29. The molecule has 0 aromatic rings. The molecule has 1 N–H and O–H groups in total. The summed E-state index contributed by atoms with van der Waals surface area (Å²) >= 11 is 0. The summed E-state index contributed by atoms with van der Waals surface area (Å²) in [7, 11) is 1.85. The van der Waals surface area contributed by atoms with Crippen LogP contribution in [-0.2, 0) is 4.79 Å². The van der Waals surface area contributed by atoms with Crippen molar-refractivity contribution >= 4 is 5.91 Å². The van der Waals surface area contributed by atoms with Crippen molar-refractivity contribution in [3.8, 4) is 0 Å². The Kier molecular flexibility index (Phi) is 2.73. The summed E-state index contributed by atoms with van der Waals surface area (Å²) in [6, 6.07) is 0.0370. The van der Waals surface area contributed by atoms with Gasteiger partial charge in [-0.3, -0.25) is 10.1 Å². The maximum Gasteiger partial charge on any atom is 0.241 e. The topological polar surface area (TPSA) is 32.3 Å². The lowest BCUT2D eigenvalue weighted by atomic mass is 9.99. The minimum absolute atomic E-state index is 0.0370. The summed E-state index contributed by atoms with van der Waals surface area (Å²) in [5.74, 6) is 0.668. The Bertz CT molecular complexity index is 181. The monoisotopic (exact) mass is 170 g/mol. The number of nitrogens with zero attached hydrogens (tertiary/aromatic N) is 1. The van der Waals surface area contributed by atoms with E-state index in [2.05, 4.69) is 19.2 Å². The van der Waals surface area contributed by atoms with Crippen molar-refractivity contribution in [3.05, 3.63) is 0 Å². The van der Waals surface area contributed by atoms with Crippen LogP contribution in [-0.4, -0.2) is 30.1 Å². The van der Waals surface area contributed by atoms with Gasteiger partial charge in [-0.15, -0.1) is 0 Å². The predicted molar refractivity (Wildman–Crippen MR) is 48.6 cm³/mol. The molecule has 1 rings (SSSR count). The molecule has 1 fully saturated rings. The van der Waals surface area contributed by atoms with E-state index in [1.54, 1.807) is 4.90 Å². The molecule has 0 aromatic heterocycles. The van der Waals surface area contributed by atoms with Crippen LogP contribution in [0.2, 0.25) is 0 Å². The highest BCUT2D eigenvalue weighted by molar-refractivity contribution is 5.84. The molecule has 1 amide bonds. The molecule has 3 nitrogen and oxygen atoms in total. The lowest BCUT2D eigenvalue weighted by Crippen LogP contribution is -2.35. The fourth-order valence-electron chi connectivity index (χ4n) is 1.50. The van der Waals surface area contributed by atoms with Gasteiger partial charge >= 0.3 is 0 Å². The summed E-state index contributed by atoms with van der Waals surface area (Å²) in [6.07, 6.45) is 1.24. The highest BCUT2D eigenvalue weighted by atomic mass is 16.2. The second-order valence-electron chi connectivity index (χ2n) is 3.65. The Balaban J connectivity index is 2.64. The lowest BCUT2D eigenvalue weighted by molar-refractivity contribution is -0.129. The van der Waals surface area contributed by atoms with Gasteiger partial charge in [0.25, 0.3) is 0 Å². The maximum atomic E-state index is 11.6. The molecule has 0 aliphatic carbocycles. The normalized spacial score (nSPS) is 32.7. The van der Waals surface area contributed by atoms with E-state index >= 15 is 0 Å². The standard InChI is InChI=1S/C9H18N2O/c1-5-6(2)8-9(12)11(4)7(3)10-8/h6-8,10H,5H2,1-4H3. The van der Waals surface area contributed by atoms with Crippen LogP contribution in [0, 0.1) is 5.92 Å². The van der Waals surface area contributed by atoms with Crippen LogP contribution in [0.4, 0.5) is 0 Å². The summed E-state index contributed by atoms with van der Waals surface area (Å²) < 4.78 is 0. The number of rotatable bonds is 2. The Morgan fingerprint density at radius 2 is 2.25 bits per heavy atom. The fourth-order valence-corrected chi connectivity index (χ4v) is 1.50. The highest BCUT2D eigenvalue weighted by Crippen LogP contribution is 2.17. The summed E-state index contributed by atoms with van der Waals surface area (Å²) in [6.45, 7) is 6.24. The van der Waals surface area contributed by atoms with Gasteiger partial charge in [-0.1, -0.05) is 20.3 Å². The molecule has 12 heavy (non-hydrogen) atoms. The van der Waals surface area contributed by atoms with Crippen molar-refractivity contribution in [2.45, 2.75) is 39.4 Å². The minimum Gasteiger partial charge on any atom is -0.329 e. The van der Waals surface area contributed by atoms with E-state index in [-0.39, 0.29) is 18.1 Å². The molecule has 0 saturated carbocycles. The van der Waals surface area contributed by atoms with Crippen molar-refractivity contribution < 1.29 is 4.79 Å². The van der Waals surface area contributed by atoms with Gasteiger partial charge in [0.1, 0.15) is 0 Å². The Labute approximate surface area is 74.1 Å². The van der Waals surface area contributed by atoms with Crippen molar-refractivity contribution in [2.24, 2.45) is 5.92 Å². The van der Waals surface area contributed by atoms with Gasteiger partial charge in [-0.05, 0) is 12.8 Å². The Morgan fingerprint density at radius 1 is 1.67 bits per heavy atom. The molecule has 3 unspecified atom stereocenters. The molecule has 0 bridgehead atoms. The third kappa shape index (κ3) is 1.46. The number of nitrogens with one attached hydrogen (secondary N) is 1. The first-order valence-electron chi connectivity index (χ1n) is 4.60. The fraction of sp³-hybridized carbons (Fsp3) is 0.889. The van der Waals surface area contributed by atoms with Crippen LogP contribution in [0.15, 0.2) is 0 Å². The molecule has 1 saturated heterocycles. The predicted octanol–water partition coefficient (Wildman–Crippen LogP) is 0.809. The zero-order chi connectivity index (χ0) is 9.30. The second-order valence-corrected chi connectivity index (χ2v) is 3.65. The zero-order valence-electron chi connectivity index (χ0n) is 8.29. The first-order chi connectivity index (χ1) is 5.57. The number of amides is 1. The van der Waals surface area contributed by atoms with Crippen molar-refractivity contribution in [1.29, 1.82) is 0 Å². The number of carbonyl (C=O) groups excluding carboxylic acids is 1. The van der Waals surface area contributed by atoms with E-state index in [1.165, 1.54) is 0 Å². The molecule has 0 radical (unpaired) electrons. The van der Waals surface area contributed by atoms with Crippen LogP contribution in [0.1, 0.15) is 27.2 Å². The third-order valence-electron chi connectivity index (χ3n) is 2.83. The van der Waals surface area contributed by atoms with Crippen LogP contribution < -0.4 is 5.32 Å². The van der Waals surface area contributed by atoms with E-state index in [9.17, 15) is 4.79 Å². The Hall–Kier alpha value is -0.570. The number of hydrogen-bond acceptors (Lipinski definition) is 2. The lowest BCUT2D eigenvalue weighted by Gasteiger charge is -2.14. The van der Waals surface area contributed by atoms with Gasteiger partial charge in [0.05, 0.1) is 12.2 Å². The van der Waals surface area contributed by atoms with Gasteiger partial charge in [0.15, 0.2) is 0 Å². The van der Waals surface area contributed by atoms with Gasteiger partial charge < -0.3 is 4.90 Å². The first-order valence-corrected chi connectivity index (χ1v) is 4.60. The first kappa shape index (κ1) is 9.52. The average molecular weight is 170 g/mol. The molecule has 0 spiro atoms. The molecule has 3 heteroatoms. The molecule has 3 atom stereocenters. The van der Waals surface area contributed by atoms with Crippen molar-refractivity contribution in [1.82, 2.24) is 10.2 Å². The minimum atomic E-state index is 0.0370. The number of hydrogen-bond donors (Lipinski definition) is 1. The SMILES string of the molecule is CCC(C)C1NC(C)N(C)C1=O. The van der Waals surface area contributed by atoms with Crippen LogP contribution in [0.5, 0.6) is 0 Å². The van der Waals surface area contributed by atoms with E-state index in [0.29, 0.717) is 5.92 Å². The smallest absolute Gasteiger partial charge is 0.241 e. The molecule has 1 heterocycles. The molecule has 1 aliphatic rings. The van der Waals surface area contributed by atoms with E-state index < -0.39 is 0 Å². The quantitative estimate of drug-likeness (QED) is 0.665. The molecule has 0 aromatic carbocycles.